The Kier molecular flexibility index (Phi) is 4.39. The second-order valence-electron chi connectivity index (χ2n) is 3.84. The molecule has 0 unspecified atom stereocenters. The van der Waals surface area contributed by atoms with E-state index in [0.29, 0.717) is 11.3 Å². The molecule has 100 valence electrons. The first-order valence-corrected chi connectivity index (χ1v) is 7.30. The molecule has 1 aromatic heterocycles. The molecule has 0 atom stereocenters. The van der Waals surface area contributed by atoms with Gasteiger partial charge in [0.1, 0.15) is 17.4 Å². The Bertz CT molecular complexity index is 597. The number of nitrogens with zero attached hydrogens (tertiary/aromatic N) is 2. The molecule has 0 spiro atoms. The van der Waals surface area contributed by atoms with Crippen molar-refractivity contribution >= 4 is 29.1 Å². The monoisotopic (exact) mass is 294 g/mol. The summed E-state index contributed by atoms with van der Waals surface area (Å²) in [5, 5.41) is 7.47. The number of amidine groups is 1. The van der Waals surface area contributed by atoms with Crippen LogP contribution >= 0.6 is 23.3 Å². The molecule has 0 saturated carbocycles. The maximum atomic E-state index is 7.47. The first-order chi connectivity index (χ1) is 9.10. The topological polar surface area (TPSA) is 84.9 Å². The van der Waals surface area contributed by atoms with E-state index in [1.54, 1.807) is 24.9 Å². The zero-order valence-electron chi connectivity index (χ0n) is 10.6. The lowest BCUT2D eigenvalue weighted by molar-refractivity contribution is 0.411. The fourth-order valence-corrected chi connectivity index (χ4v) is 3.16. The van der Waals surface area contributed by atoms with Crippen molar-refractivity contribution in [2.45, 2.75) is 17.0 Å². The predicted molar refractivity (Wildman–Crippen MR) is 78.2 cm³/mol. The van der Waals surface area contributed by atoms with Gasteiger partial charge in [0.05, 0.1) is 7.11 Å². The van der Waals surface area contributed by atoms with Crippen LogP contribution in [0.5, 0.6) is 5.75 Å². The average Bonchev–Trinajstić information content (AvgIpc) is 2.81. The molecule has 7 heteroatoms. The molecule has 2 rings (SSSR count). The highest BCUT2D eigenvalue weighted by Gasteiger charge is 2.08. The second-order valence-corrected chi connectivity index (χ2v) is 5.81. The number of aromatic nitrogens is 2. The van der Waals surface area contributed by atoms with E-state index in [2.05, 4.69) is 9.36 Å². The molecule has 1 aromatic carbocycles. The number of hydrogen-bond donors (Lipinski definition) is 2. The van der Waals surface area contributed by atoms with Gasteiger partial charge in [0.2, 0.25) is 0 Å². The molecule has 5 nitrogen and oxygen atoms in total. The minimum Gasteiger partial charge on any atom is -0.496 e. The highest BCUT2D eigenvalue weighted by atomic mass is 32.2. The van der Waals surface area contributed by atoms with Gasteiger partial charge in [0, 0.05) is 16.9 Å². The van der Waals surface area contributed by atoms with Crippen molar-refractivity contribution in [1.82, 2.24) is 9.36 Å². The van der Waals surface area contributed by atoms with Crippen LogP contribution in [0.1, 0.15) is 17.0 Å². The van der Waals surface area contributed by atoms with Crippen molar-refractivity contribution in [3.63, 3.8) is 0 Å². The molecule has 0 radical (unpaired) electrons. The summed E-state index contributed by atoms with van der Waals surface area (Å²) in [5.41, 5.74) is 7.19. The lowest BCUT2D eigenvalue weighted by Crippen LogP contribution is -2.11. The molecule has 0 aliphatic rings. The largest absolute Gasteiger partial charge is 0.496 e. The van der Waals surface area contributed by atoms with Gasteiger partial charge in [0.25, 0.3) is 0 Å². The molecule has 0 aliphatic carbocycles. The van der Waals surface area contributed by atoms with Gasteiger partial charge >= 0.3 is 0 Å². The quantitative estimate of drug-likeness (QED) is 0.502. The summed E-state index contributed by atoms with van der Waals surface area (Å²) in [6.45, 7) is 1.87. The van der Waals surface area contributed by atoms with Gasteiger partial charge < -0.3 is 10.5 Å². The lowest BCUT2D eigenvalue weighted by Gasteiger charge is -2.09. The van der Waals surface area contributed by atoms with Crippen LogP contribution in [0.25, 0.3) is 0 Å². The average molecular weight is 294 g/mol. The van der Waals surface area contributed by atoms with Crippen molar-refractivity contribution in [2.24, 2.45) is 5.73 Å². The first kappa shape index (κ1) is 13.8. The number of hydrogen-bond acceptors (Lipinski definition) is 6. The number of aryl methyl sites for hydroxylation is 1. The first-order valence-electron chi connectivity index (χ1n) is 5.54. The second kappa shape index (κ2) is 6.03. The van der Waals surface area contributed by atoms with E-state index in [1.807, 2.05) is 19.1 Å². The van der Waals surface area contributed by atoms with Crippen molar-refractivity contribution in [3.05, 3.63) is 35.2 Å². The Labute approximate surface area is 119 Å². The lowest BCUT2D eigenvalue weighted by atomic mass is 10.1. The number of methoxy groups -OCH3 is 1. The van der Waals surface area contributed by atoms with Crippen LogP contribution in [0, 0.1) is 12.3 Å². The molecule has 0 amide bonds. The van der Waals surface area contributed by atoms with Crippen molar-refractivity contribution in [2.75, 3.05) is 7.11 Å². The normalized spacial score (nSPS) is 10.4. The highest BCUT2D eigenvalue weighted by molar-refractivity contribution is 8.00. The Hall–Kier alpha value is -1.60. The SMILES string of the molecule is COc1ccc(C(=N)N)cc1CSc1nc(C)ns1. The molecule has 0 saturated heterocycles. The third kappa shape index (κ3) is 3.45. The Balaban J connectivity index is 2.17. The molecular weight excluding hydrogens is 280 g/mol. The van der Waals surface area contributed by atoms with E-state index in [9.17, 15) is 0 Å². The summed E-state index contributed by atoms with van der Waals surface area (Å²) in [6.07, 6.45) is 0. The zero-order chi connectivity index (χ0) is 13.8. The number of thioether (sulfide) groups is 1. The molecule has 0 fully saturated rings. The molecule has 3 N–H and O–H groups in total. The van der Waals surface area contributed by atoms with Crippen LogP contribution in [0.4, 0.5) is 0 Å². The van der Waals surface area contributed by atoms with E-state index in [0.717, 1.165) is 21.5 Å². The fraction of sp³-hybridized carbons (Fsp3) is 0.250. The summed E-state index contributed by atoms with van der Waals surface area (Å²) in [6, 6.07) is 5.49. The van der Waals surface area contributed by atoms with Crippen LogP contribution in [0.2, 0.25) is 0 Å². The van der Waals surface area contributed by atoms with Crippen LogP contribution < -0.4 is 10.5 Å². The highest BCUT2D eigenvalue weighted by Crippen LogP contribution is 2.29. The Morgan fingerprint density at radius 2 is 2.32 bits per heavy atom. The minimum absolute atomic E-state index is 0.0562. The summed E-state index contributed by atoms with van der Waals surface area (Å²) < 4.78 is 10.4. The summed E-state index contributed by atoms with van der Waals surface area (Å²) in [7, 11) is 1.63. The maximum Gasteiger partial charge on any atom is 0.170 e. The third-order valence-corrected chi connectivity index (χ3v) is 4.43. The Morgan fingerprint density at radius 1 is 1.53 bits per heavy atom. The standard InChI is InChI=1S/C12H14N4OS2/c1-7-15-12(19-16-7)18-6-9-5-8(11(13)14)3-4-10(9)17-2/h3-5H,6H2,1-2H3,(H3,13,14). The summed E-state index contributed by atoms with van der Waals surface area (Å²) in [4.78, 5) is 4.30. The molecule has 19 heavy (non-hydrogen) atoms. The van der Waals surface area contributed by atoms with E-state index >= 15 is 0 Å². The van der Waals surface area contributed by atoms with Crippen LogP contribution in [-0.2, 0) is 5.75 Å². The van der Waals surface area contributed by atoms with E-state index < -0.39 is 0 Å². The van der Waals surface area contributed by atoms with Crippen LogP contribution in [0.15, 0.2) is 22.5 Å². The molecule has 0 aliphatic heterocycles. The van der Waals surface area contributed by atoms with Crippen LogP contribution in [-0.4, -0.2) is 22.3 Å². The third-order valence-electron chi connectivity index (χ3n) is 2.45. The van der Waals surface area contributed by atoms with Crippen molar-refractivity contribution < 1.29 is 4.74 Å². The van der Waals surface area contributed by atoms with Gasteiger partial charge in [-0.05, 0) is 36.7 Å². The number of nitrogens with two attached hydrogens (primary N) is 1. The van der Waals surface area contributed by atoms with Gasteiger partial charge in [-0.25, -0.2) is 4.98 Å². The molecular formula is C12H14N4OS2. The van der Waals surface area contributed by atoms with Gasteiger partial charge in [-0.2, -0.15) is 4.37 Å². The van der Waals surface area contributed by atoms with Crippen molar-refractivity contribution in [3.8, 4) is 5.75 Å². The van der Waals surface area contributed by atoms with E-state index in [4.69, 9.17) is 15.9 Å². The van der Waals surface area contributed by atoms with E-state index in [-0.39, 0.29) is 5.84 Å². The van der Waals surface area contributed by atoms with Gasteiger partial charge in [0.15, 0.2) is 4.34 Å². The summed E-state index contributed by atoms with van der Waals surface area (Å²) in [5.74, 6) is 2.34. The molecule has 2 aromatic rings. The Morgan fingerprint density at radius 3 is 2.89 bits per heavy atom. The van der Waals surface area contributed by atoms with Gasteiger partial charge in [-0.3, -0.25) is 5.41 Å². The van der Waals surface area contributed by atoms with E-state index in [1.165, 1.54) is 11.5 Å². The van der Waals surface area contributed by atoms with Crippen LogP contribution in [0.3, 0.4) is 0 Å². The van der Waals surface area contributed by atoms with Gasteiger partial charge in [-0.1, -0.05) is 11.8 Å². The zero-order valence-corrected chi connectivity index (χ0v) is 12.3. The number of rotatable bonds is 5. The number of ether oxygens (including phenoxy) is 1. The molecule has 0 bridgehead atoms. The predicted octanol–water partition coefficient (Wildman–Crippen LogP) is 2.43. The fourth-order valence-electron chi connectivity index (χ4n) is 1.54. The maximum absolute atomic E-state index is 7.47. The summed E-state index contributed by atoms with van der Waals surface area (Å²) >= 11 is 2.98. The minimum atomic E-state index is 0.0562. The van der Waals surface area contributed by atoms with Crippen molar-refractivity contribution in [1.29, 1.82) is 5.41 Å². The smallest absolute Gasteiger partial charge is 0.170 e. The molecule has 1 heterocycles. The van der Waals surface area contributed by atoms with Gasteiger partial charge in [-0.15, -0.1) is 0 Å². The number of benzene rings is 1. The number of nitrogen functional groups attached to an aromatic ring is 1. The number of nitrogens with one attached hydrogen (secondary N) is 1.